The zero-order chi connectivity index (χ0) is 17.7. The summed E-state index contributed by atoms with van der Waals surface area (Å²) in [5.41, 5.74) is 0.403. The Hall–Kier alpha value is -1.49. The second-order valence-electron chi connectivity index (χ2n) is 4.99. The minimum Gasteiger partial charge on any atom is -0.291 e. The van der Waals surface area contributed by atoms with Gasteiger partial charge in [0.2, 0.25) is 10.0 Å². The van der Waals surface area contributed by atoms with Gasteiger partial charge in [0.15, 0.2) is 5.78 Å². The second-order valence-corrected chi connectivity index (χ2v) is 8.46. The van der Waals surface area contributed by atoms with E-state index in [9.17, 15) is 18.0 Å². The van der Waals surface area contributed by atoms with Crippen molar-refractivity contribution in [2.75, 3.05) is 19.1 Å². The van der Waals surface area contributed by atoms with Crippen LogP contribution in [0.3, 0.4) is 0 Å². The van der Waals surface area contributed by atoms with Crippen LogP contribution in [-0.2, 0) is 14.8 Å². The molecule has 0 unspecified atom stereocenters. The van der Waals surface area contributed by atoms with Gasteiger partial charge in [-0.25, -0.2) is 8.42 Å². The summed E-state index contributed by atoms with van der Waals surface area (Å²) in [7, 11) is -3.71. The van der Waals surface area contributed by atoms with Gasteiger partial charge >= 0.3 is 0 Å². The number of thioether (sulfide) groups is 1. The van der Waals surface area contributed by atoms with Crippen LogP contribution in [0.2, 0.25) is 0 Å². The lowest BCUT2D eigenvalue weighted by Crippen LogP contribution is -2.49. The molecule has 0 radical (unpaired) electrons. The van der Waals surface area contributed by atoms with Crippen molar-refractivity contribution >= 4 is 51.0 Å². The Labute approximate surface area is 148 Å². The van der Waals surface area contributed by atoms with Crippen LogP contribution in [0, 0.1) is 0 Å². The van der Waals surface area contributed by atoms with E-state index in [1.54, 1.807) is 30.0 Å². The van der Waals surface area contributed by atoms with Crippen molar-refractivity contribution in [3.05, 3.63) is 33.0 Å². The molecule has 1 amide bonds. The highest BCUT2D eigenvalue weighted by molar-refractivity contribution is 8.02. The fourth-order valence-corrected chi connectivity index (χ4v) is 3.90. The van der Waals surface area contributed by atoms with Crippen molar-refractivity contribution in [2.24, 2.45) is 4.99 Å². The number of thiophene rings is 1. The second kappa shape index (κ2) is 8.06. The minimum absolute atomic E-state index is 0.333. The van der Waals surface area contributed by atoms with E-state index in [-0.39, 0.29) is 12.3 Å². The summed E-state index contributed by atoms with van der Waals surface area (Å²) in [5, 5.41) is 3.13. The van der Waals surface area contributed by atoms with E-state index < -0.39 is 15.9 Å². The van der Waals surface area contributed by atoms with Crippen LogP contribution >= 0.6 is 23.1 Å². The largest absolute Gasteiger partial charge is 0.291 e. The van der Waals surface area contributed by atoms with Crippen molar-refractivity contribution in [2.45, 2.75) is 12.8 Å². The number of hydrogen-bond donors (Lipinski definition) is 1. The fourth-order valence-electron chi connectivity index (χ4n) is 2.08. The SMILES string of the molecule is CSC1=C(C(=O)N(CC(=O)c2cccs2)NS(C)(=O)=O)CCC=N1. The van der Waals surface area contributed by atoms with Crippen molar-refractivity contribution < 1.29 is 18.0 Å². The molecule has 2 heterocycles. The molecule has 0 aliphatic carbocycles. The number of nitrogens with zero attached hydrogens (tertiary/aromatic N) is 2. The first kappa shape index (κ1) is 18.8. The van der Waals surface area contributed by atoms with Crippen molar-refractivity contribution in [3.8, 4) is 0 Å². The number of sulfonamides is 1. The molecule has 0 fully saturated rings. The monoisotopic (exact) mass is 387 g/mol. The molecule has 0 bridgehead atoms. The van der Waals surface area contributed by atoms with Gasteiger partial charge in [-0.2, -0.15) is 0 Å². The quantitative estimate of drug-likeness (QED) is 0.567. The van der Waals surface area contributed by atoms with E-state index in [4.69, 9.17) is 0 Å². The molecule has 1 aliphatic heterocycles. The minimum atomic E-state index is -3.71. The number of ketones is 1. The lowest BCUT2D eigenvalue weighted by Gasteiger charge is -2.24. The van der Waals surface area contributed by atoms with Gasteiger partial charge in [-0.05, 0) is 30.5 Å². The molecule has 1 aromatic rings. The van der Waals surface area contributed by atoms with E-state index in [2.05, 4.69) is 9.82 Å². The van der Waals surface area contributed by atoms with Gasteiger partial charge in [0.1, 0.15) is 11.6 Å². The molecule has 2 rings (SSSR count). The smallest absolute Gasteiger partial charge is 0.267 e. The number of rotatable bonds is 7. The van der Waals surface area contributed by atoms with Gasteiger partial charge in [-0.3, -0.25) is 19.6 Å². The number of carbonyl (C=O) groups is 2. The number of carbonyl (C=O) groups excluding carboxylic acids is 2. The fraction of sp³-hybridized carbons (Fsp3) is 0.357. The van der Waals surface area contributed by atoms with E-state index in [1.807, 2.05) is 0 Å². The van der Waals surface area contributed by atoms with Crippen molar-refractivity contribution in [1.29, 1.82) is 0 Å². The predicted molar refractivity (Wildman–Crippen MR) is 96.6 cm³/mol. The first-order valence-corrected chi connectivity index (χ1v) is 11.0. The number of hydrazine groups is 1. The summed E-state index contributed by atoms with van der Waals surface area (Å²) in [6.07, 6.45) is 5.49. The summed E-state index contributed by atoms with van der Waals surface area (Å²) in [4.78, 5) is 31.8. The Kier molecular flexibility index (Phi) is 6.33. The van der Waals surface area contributed by atoms with E-state index in [0.717, 1.165) is 11.3 Å². The van der Waals surface area contributed by atoms with Crippen molar-refractivity contribution in [3.63, 3.8) is 0 Å². The van der Waals surface area contributed by atoms with E-state index >= 15 is 0 Å². The Bertz CT molecular complexity index is 782. The maximum Gasteiger partial charge on any atom is 0.267 e. The number of aliphatic imine (C=N–C) groups is 1. The highest BCUT2D eigenvalue weighted by Crippen LogP contribution is 2.26. The molecule has 0 spiro atoms. The summed E-state index contributed by atoms with van der Waals surface area (Å²) in [6, 6.07) is 3.35. The lowest BCUT2D eigenvalue weighted by atomic mass is 10.1. The van der Waals surface area contributed by atoms with Crippen molar-refractivity contribution in [1.82, 2.24) is 9.84 Å². The molecular formula is C14H17N3O4S3. The average Bonchev–Trinajstić information content (AvgIpc) is 3.06. The predicted octanol–water partition coefficient (Wildman–Crippen LogP) is 1.66. The summed E-state index contributed by atoms with van der Waals surface area (Å²) in [6.45, 7) is -0.374. The molecule has 0 saturated carbocycles. The standard InChI is InChI=1S/C14H17N3O4S3/c1-22-13-10(5-3-7-15-13)14(19)17(16-24(2,20)21)9-11(18)12-6-4-8-23-12/h4,6-8,16H,3,5,9H2,1-2H3. The zero-order valence-electron chi connectivity index (χ0n) is 13.2. The first-order chi connectivity index (χ1) is 11.3. The molecule has 0 atom stereocenters. The van der Waals surface area contributed by atoms with E-state index in [1.165, 1.54) is 23.1 Å². The van der Waals surface area contributed by atoms with Gasteiger partial charge < -0.3 is 0 Å². The number of hydrogen-bond acceptors (Lipinski definition) is 7. The third-order valence-electron chi connectivity index (χ3n) is 3.06. The molecule has 1 N–H and O–H groups in total. The van der Waals surface area contributed by atoms with Crippen LogP contribution in [0.1, 0.15) is 22.5 Å². The summed E-state index contributed by atoms with van der Waals surface area (Å²) >= 11 is 2.55. The normalized spacial score (nSPS) is 14.8. The van der Waals surface area contributed by atoms with Gasteiger partial charge in [0.25, 0.3) is 5.91 Å². The Balaban J connectivity index is 2.28. The maximum absolute atomic E-state index is 12.8. The molecule has 130 valence electrons. The van der Waals surface area contributed by atoms with Crippen LogP contribution in [0.15, 0.2) is 33.1 Å². The molecule has 1 aliphatic rings. The van der Waals surface area contributed by atoms with Gasteiger partial charge in [-0.1, -0.05) is 6.07 Å². The van der Waals surface area contributed by atoms with Crippen LogP contribution in [0.5, 0.6) is 0 Å². The van der Waals surface area contributed by atoms with Gasteiger partial charge in [-0.15, -0.1) is 27.9 Å². The first-order valence-electron chi connectivity index (χ1n) is 6.97. The molecule has 24 heavy (non-hydrogen) atoms. The Morgan fingerprint density at radius 1 is 1.46 bits per heavy atom. The lowest BCUT2D eigenvalue weighted by molar-refractivity contribution is -0.128. The van der Waals surface area contributed by atoms with E-state index in [0.29, 0.717) is 28.3 Å². The number of amides is 1. The highest BCUT2D eigenvalue weighted by Gasteiger charge is 2.27. The van der Waals surface area contributed by atoms with Gasteiger partial charge in [0, 0.05) is 6.21 Å². The molecule has 0 saturated heterocycles. The number of Topliss-reactive ketones (excluding diaryl/α,β-unsaturated/α-hetero) is 1. The molecule has 10 heteroatoms. The Morgan fingerprint density at radius 3 is 2.79 bits per heavy atom. The molecule has 1 aromatic heterocycles. The van der Waals surface area contributed by atoms with Crippen LogP contribution < -0.4 is 4.83 Å². The topological polar surface area (TPSA) is 95.9 Å². The molecule has 0 aromatic carbocycles. The van der Waals surface area contributed by atoms with Crippen LogP contribution in [-0.4, -0.2) is 50.4 Å². The summed E-state index contributed by atoms with van der Waals surface area (Å²) < 4.78 is 23.2. The van der Waals surface area contributed by atoms with Crippen LogP contribution in [0.25, 0.3) is 0 Å². The number of nitrogens with one attached hydrogen (secondary N) is 1. The third-order valence-corrected chi connectivity index (χ3v) is 5.26. The Morgan fingerprint density at radius 2 is 2.21 bits per heavy atom. The van der Waals surface area contributed by atoms with Gasteiger partial charge in [0.05, 0.1) is 16.7 Å². The average molecular weight is 388 g/mol. The zero-order valence-corrected chi connectivity index (χ0v) is 15.6. The van der Waals surface area contributed by atoms with Crippen LogP contribution in [0.4, 0.5) is 0 Å². The maximum atomic E-state index is 12.8. The third kappa shape index (κ3) is 5.00. The molecular weight excluding hydrogens is 370 g/mol. The molecule has 7 nitrogen and oxygen atoms in total. The summed E-state index contributed by atoms with van der Waals surface area (Å²) in [5.74, 6) is -0.883. The highest BCUT2D eigenvalue weighted by atomic mass is 32.2.